The first-order chi connectivity index (χ1) is 11.1. The molecule has 2 aromatic rings. The number of carbonyl (C=O) groups is 1. The summed E-state index contributed by atoms with van der Waals surface area (Å²) in [7, 11) is 0. The highest BCUT2D eigenvalue weighted by Gasteiger charge is 2.08. The van der Waals surface area contributed by atoms with E-state index in [1.165, 1.54) is 18.5 Å². The molecule has 1 aromatic carbocycles. The molecule has 0 fully saturated rings. The van der Waals surface area contributed by atoms with Crippen LogP contribution in [0.25, 0.3) is 0 Å². The molecule has 1 aromatic heterocycles. The smallest absolute Gasteiger partial charge is 0.254 e. The Kier molecular flexibility index (Phi) is 6.02. The van der Waals surface area contributed by atoms with Gasteiger partial charge in [-0.25, -0.2) is 14.4 Å². The van der Waals surface area contributed by atoms with E-state index >= 15 is 0 Å². The summed E-state index contributed by atoms with van der Waals surface area (Å²) in [4.78, 5) is 20.2. The number of nitrogens with zero attached hydrogens (tertiary/aromatic N) is 2. The predicted molar refractivity (Wildman–Crippen MR) is 87.8 cm³/mol. The van der Waals surface area contributed by atoms with E-state index in [0.29, 0.717) is 36.0 Å². The van der Waals surface area contributed by atoms with Gasteiger partial charge in [0.25, 0.3) is 5.91 Å². The first-order valence-corrected chi connectivity index (χ1v) is 7.64. The highest BCUT2D eigenvalue weighted by atomic mass is 19.1. The van der Waals surface area contributed by atoms with Gasteiger partial charge in [0.05, 0.1) is 5.56 Å². The number of hydrogen-bond donors (Lipinski definition) is 2. The van der Waals surface area contributed by atoms with Crippen molar-refractivity contribution in [2.75, 3.05) is 18.4 Å². The Balaban J connectivity index is 1.82. The molecule has 23 heavy (non-hydrogen) atoms. The molecular weight excluding hydrogens is 295 g/mol. The molecule has 0 aliphatic rings. The lowest BCUT2D eigenvalue weighted by Crippen LogP contribution is -2.26. The minimum Gasteiger partial charge on any atom is -0.354 e. The summed E-state index contributed by atoms with van der Waals surface area (Å²) in [5, 5.41) is 5.82. The monoisotopic (exact) mass is 316 g/mol. The Labute approximate surface area is 135 Å². The fraction of sp³-hybridized carbons (Fsp3) is 0.353. The second-order valence-corrected chi connectivity index (χ2v) is 5.67. The van der Waals surface area contributed by atoms with E-state index in [-0.39, 0.29) is 11.7 Å². The van der Waals surface area contributed by atoms with Gasteiger partial charge in [-0.1, -0.05) is 32.0 Å². The number of hydrogen-bond acceptors (Lipinski definition) is 4. The summed E-state index contributed by atoms with van der Waals surface area (Å²) in [5.41, 5.74) is 0.964. The van der Waals surface area contributed by atoms with E-state index in [4.69, 9.17) is 0 Å². The maximum absolute atomic E-state index is 13.5. The van der Waals surface area contributed by atoms with Gasteiger partial charge in [-0.2, -0.15) is 0 Å². The van der Waals surface area contributed by atoms with Gasteiger partial charge in [-0.3, -0.25) is 4.79 Å². The highest BCUT2D eigenvalue weighted by Crippen LogP contribution is 2.06. The zero-order valence-corrected chi connectivity index (χ0v) is 13.3. The molecule has 1 amide bonds. The molecule has 0 spiro atoms. The molecule has 0 bridgehead atoms. The summed E-state index contributed by atoms with van der Waals surface area (Å²) in [6, 6.07) is 6.54. The van der Waals surface area contributed by atoms with Crippen molar-refractivity contribution in [2.24, 2.45) is 5.92 Å². The van der Waals surface area contributed by atoms with Crippen molar-refractivity contribution in [3.63, 3.8) is 0 Å². The molecule has 0 unspecified atom stereocenters. The van der Waals surface area contributed by atoms with Gasteiger partial charge in [0.15, 0.2) is 0 Å². The summed E-state index contributed by atoms with van der Waals surface area (Å²) in [6.45, 7) is 5.30. The van der Waals surface area contributed by atoms with Crippen LogP contribution in [0, 0.1) is 11.7 Å². The van der Waals surface area contributed by atoms with Crippen LogP contribution in [-0.4, -0.2) is 29.0 Å². The van der Waals surface area contributed by atoms with Crippen molar-refractivity contribution < 1.29 is 9.18 Å². The quantitative estimate of drug-likeness (QED) is 0.824. The highest BCUT2D eigenvalue weighted by molar-refractivity contribution is 5.93. The number of halogens is 1. The van der Waals surface area contributed by atoms with Crippen LogP contribution >= 0.6 is 0 Å². The largest absolute Gasteiger partial charge is 0.354 e. The second-order valence-electron chi connectivity index (χ2n) is 5.67. The number of amides is 1. The topological polar surface area (TPSA) is 66.9 Å². The number of carbonyl (C=O) groups excluding carboxylic acids is 1. The van der Waals surface area contributed by atoms with Crippen molar-refractivity contribution in [3.05, 3.63) is 53.6 Å². The van der Waals surface area contributed by atoms with Crippen LogP contribution in [0.15, 0.2) is 36.7 Å². The van der Waals surface area contributed by atoms with Crippen molar-refractivity contribution in [2.45, 2.75) is 20.3 Å². The van der Waals surface area contributed by atoms with Crippen LogP contribution in [0.2, 0.25) is 0 Å². The molecule has 2 rings (SSSR count). The summed E-state index contributed by atoms with van der Waals surface area (Å²) >= 11 is 0. The van der Waals surface area contributed by atoms with Crippen LogP contribution in [0.4, 0.5) is 10.3 Å². The van der Waals surface area contributed by atoms with Crippen LogP contribution in [-0.2, 0) is 6.42 Å². The van der Waals surface area contributed by atoms with Gasteiger partial charge in [0.1, 0.15) is 5.82 Å². The molecule has 122 valence electrons. The van der Waals surface area contributed by atoms with Gasteiger partial charge in [0.2, 0.25) is 5.95 Å². The first-order valence-electron chi connectivity index (χ1n) is 7.64. The zero-order valence-electron chi connectivity index (χ0n) is 13.3. The average molecular weight is 316 g/mol. The molecule has 1 heterocycles. The number of aromatic nitrogens is 2. The van der Waals surface area contributed by atoms with E-state index in [1.807, 2.05) is 0 Å². The Morgan fingerprint density at radius 2 is 1.91 bits per heavy atom. The number of rotatable bonds is 7. The van der Waals surface area contributed by atoms with E-state index in [0.717, 1.165) is 6.54 Å². The Morgan fingerprint density at radius 1 is 1.22 bits per heavy atom. The average Bonchev–Trinajstić information content (AvgIpc) is 2.55. The second kappa shape index (κ2) is 8.22. The van der Waals surface area contributed by atoms with E-state index in [2.05, 4.69) is 34.4 Å². The standard InChI is InChI=1S/C17H21FN4O/c1-12(2)9-20-17-21-10-14(11-22-17)16(23)19-8-7-13-5-3-4-6-15(13)18/h3-6,10-12H,7-9H2,1-2H3,(H,19,23)(H,20,21,22). The van der Waals surface area contributed by atoms with Crippen LogP contribution in [0.1, 0.15) is 29.8 Å². The molecule has 6 heteroatoms. The van der Waals surface area contributed by atoms with Crippen molar-refractivity contribution in [1.82, 2.24) is 15.3 Å². The fourth-order valence-corrected chi connectivity index (χ4v) is 1.95. The summed E-state index contributed by atoms with van der Waals surface area (Å²) < 4.78 is 13.5. The molecular formula is C17H21FN4O. The van der Waals surface area contributed by atoms with Crippen molar-refractivity contribution in [1.29, 1.82) is 0 Å². The van der Waals surface area contributed by atoms with Crippen LogP contribution in [0.3, 0.4) is 0 Å². The minimum absolute atomic E-state index is 0.259. The Morgan fingerprint density at radius 3 is 2.57 bits per heavy atom. The third kappa shape index (κ3) is 5.32. The normalized spacial score (nSPS) is 10.6. The molecule has 0 saturated carbocycles. The predicted octanol–water partition coefficient (Wildman–Crippen LogP) is 2.66. The van der Waals surface area contributed by atoms with E-state index in [1.54, 1.807) is 18.2 Å². The Hall–Kier alpha value is -2.50. The minimum atomic E-state index is -0.267. The van der Waals surface area contributed by atoms with Gasteiger partial charge in [-0.15, -0.1) is 0 Å². The number of anilines is 1. The van der Waals surface area contributed by atoms with E-state index < -0.39 is 0 Å². The van der Waals surface area contributed by atoms with Gasteiger partial charge in [0, 0.05) is 25.5 Å². The van der Waals surface area contributed by atoms with Crippen molar-refractivity contribution in [3.8, 4) is 0 Å². The summed E-state index contributed by atoms with van der Waals surface area (Å²) in [5.74, 6) is 0.462. The Bertz CT molecular complexity index is 643. The van der Waals surface area contributed by atoms with Crippen LogP contribution < -0.4 is 10.6 Å². The molecule has 0 aliphatic carbocycles. The molecule has 0 atom stereocenters. The van der Waals surface area contributed by atoms with Gasteiger partial charge < -0.3 is 10.6 Å². The van der Waals surface area contributed by atoms with Crippen molar-refractivity contribution >= 4 is 11.9 Å². The van der Waals surface area contributed by atoms with Gasteiger partial charge in [-0.05, 0) is 24.0 Å². The third-order valence-electron chi connectivity index (χ3n) is 3.22. The lowest BCUT2D eigenvalue weighted by atomic mass is 10.1. The number of nitrogens with one attached hydrogen (secondary N) is 2. The SMILES string of the molecule is CC(C)CNc1ncc(C(=O)NCCc2ccccc2F)cn1. The first kappa shape index (κ1) is 16.9. The molecule has 0 saturated heterocycles. The number of benzene rings is 1. The van der Waals surface area contributed by atoms with E-state index in [9.17, 15) is 9.18 Å². The molecule has 0 radical (unpaired) electrons. The maximum Gasteiger partial charge on any atom is 0.254 e. The lowest BCUT2D eigenvalue weighted by molar-refractivity contribution is 0.0953. The molecule has 0 aliphatic heterocycles. The fourth-order valence-electron chi connectivity index (χ4n) is 1.95. The maximum atomic E-state index is 13.5. The summed E-state index contributed by atoms with van der Waals surface area (Å²) in [6.07, 6.45) is 3.40. The molecule has 5 nitrogen and oxygen atoms in total. The third-order valence-corrected chi connectivity index (χ3v) is 3.22. The molecule has 2 N–H and O–H groups in total. The van der Waals surface area contributed by atoms with Crippen LogP contribution in [0.5, 0.6) is 0 Å². The zero-order chi connectivity index (χ0) is 16.7. The van der Waals surface area contributed by atoms with Gasteiger partial charge >= 0.3 is 0 Å². The lowest BCUT2D eigenvalue weighted by Gasteiger charge is -2.08.